The van der Waals surface area contributed by atoms with Gasteiger partial charge in [-0.15, -0.1) is 0 Å². The lowest BCUT2D eigenvalue weighted by atomic mass is 9.76. The third-order valence-electron chi connectivity index (χ3n) is 6.76. The number of phenols is 1. The number of para-hydroxylation sites is 1. The van der Waals surface area contributed by atoms with E-state index in [1.165, 1.54) is 24.1 Å². The first-order chi connectivity index (χ1) is 15.8. The van der Waals surface area contributed by atoms with Gasteiger partial charge in [0.15, 0.2) is 0 Å². The van der Waals surface area contributed by atoms with Crippen molar-refractivity contribution in [3.8, 4) is 11.5 Å². The number of amides is 2. The van der Waals surface area contributed by atoms with Crippen LogP contribution in [0.5, 0.6) is 11.5 Å². The molecule has 4 rings (SSSR count). The Morgan fingerprint density at radius 1 is 1.12 bits per heavy atom. The van der Waals surface area contributed by atoms with Crippen molar-refractivity contribution in [3.63, 3.8) is 0 Å². The number of carbonyl (C=O) groups excluding carboxylic acids is 2. The van der Waals surface area contributed by atoms with Crippen LogP contribution in [0.25, 0.3) is 0 Å². The lowest BCUT2D eigenvalue weighted by molar-refractivity contribution is -0.151. The number of fused-ring (bicyclic) bond motifs is 1. The Kier molecular flexibility index (Phi) is 6.12. The van der Waals surface area contributed by atoms with Crippen molar-refractivity contribution in [1.29, 1.82) is 0 Å². The molecule has 0 aliphatic carbocycles. The molecule has 8 nitrogen and oxygen atoms in total. The summed E-state index contributed by atoms with van der Waals surface area (Å²) in [6.45, 7) is 2.24. The molecular weight excluding hydrogens is 424 g/mol. The number of imide groups is 1. The number of phenolic OH excluding ortho intramolecular Hbond substituents is 1. The molecule has 0 aromatic heterocycles. The molecule has 4 unspecified atom stereocenters. The summed E-state index contributed by atoms with van der Waals surface area (Å²) in [6, 6.07) is 12.6. The molecule has 174 valence electrons. The van der Waals surface area contributed by atoms with Gasteiger partial charge in [0.25, 0.3) is 0 Å². The minimum atomic E-state index is -1.69. The second-order valence-corrected chi connectivity index (χ2v) is 8.67. The van der Waals surface area contributed by atoms with Crippen molar-refractivity contribution in [1.82, 2.24) is 10.2 Å². The Morgan fingerprint density at radius 3 is 2.45 bits per heavy atom. The minimum absolute atomic E-state index is 0.0178. The Labute approximate surface area is 192 Å². The number of carbonyl (C=O) groups is 3. The zero-order valence-electron chi connectivity index (χ0n) is 18.7. The average Bonchev–Trinajstić information content (AvgIpc) is 3.28. The molecule has 2 heterocycles. The smallest absolute Gasteiger partial charge is 0.325 e. The predicted octanol–water partition coefficient (Wildman–Crippen LogP) is 2.51. The van der Waals surface area contributed by atoms with Crippen molar-refractivity contribution < 1.29 is 29.3 Å². The van der Waals surface area contributed by atoms with Gasteiger partial charge in [0.05, 0.1) is 18.9 Å². The van der Waals surface area contributed by atoms with E-state index in [4.69, 9.17) is 4.74 Å². The van der Waals surface area contributed by atoms with Crippen LogP contribution in [0.15, 0.2) is 48.5 Å². The zero-order valence-corrected chi connectivity index (χ0v) is 18.7. The maximum atomic E-state index is 13.5. The first kappa shape index (κ1) is 22.8. The molecule has 2 aromatic rings. The monoisotopic (exact) mass is 452 g/mol. The van der Waals surface area contributed by atoms with Gasteiger partial charge in [0.1, 0.15) is 17.0 Å². The summed E-state index contributed by atoms with van der Waals surface area (Å²) in [5, 5.41) is 23.3. The van der Waals surface area contributed by atoms with E-state index in [0.717, 1.165) is 6.42 Å². The first-order valence-electron chi connectivity index (χ1n) is 11.1. The Bertz CT molecular complexity index is 1070. The molecular formula is C25H28N2O6. The molecule has 2 fully saturated rings. The lowest BCUT2D eigenvalue weighted by Crippen LogP contribution is -2.57. The van der Waals surface area contributed by atoms with E-state index in [9.17, 15) is 24.6 Å². The third kappa shape index (κ3) is 3.74. The number of ether oxygens (including phenoxy) is 1. The molecule has 0 spiro atoms. The molecule has 4 atom stereocenters. The Balaban J connectivity index is 1.84. The molecule has 2 aliphatic heterocycles. The number of nitrogens with one attached hydrogen (secondary N) is 1. The van der Waals surface area contributed by atoms with Crippen LogP contribution in [-0.4, -0.2) is 52.1 Å². The molecule has 2 aliphatic rings. The molecule has 2 saturated heterocycles. The van der Waals surface area contributed by atoms with Crippen LogP contribution in [0.3, 0.4) is 0 Å². The molecule has 2 aromatic carbocycles. The standard InChI is InChI=1S/C25H28N2O6/c1-3-4-13-27-22(29)19-20(23(27)30)25(24(31)32,14-15-9-11-16(28)12-10-15)26-21(19)17-7-5-6-8-18(17)33-2/h5-12,19-21,26,28H,3-4,13-14H2,1-2H3,(H,31,32). The van der Waals surface area contributed by atoms with Crippen LogP contribution >= 0.6 is 0 Å². The molecule has 2 amide bonds. The van der Waals surface area contributed by atoms with Crippen molar-refractivity contribution in [2.75, 3.05) is 13.7 Å². The largest absolute Gasteiger partial charge is 0.508 e. The van der Waals surface area contributed by atoms with Gasteiger partial charge >= 0.3 is 5.97 Å². The maximum absolute atomic E-state index is 13.5. The number of methoxy groups -OCH3 is 1. The van der Waals surface area contributed by atoms with Crippen LogP contribution < -0.4 is 10.1 Å². The fourth-order valence-electron chi connectivity index (χ4n) is 5.16. The van der Waals surface area contributed by atoms with Gasteiger partial charge in [-0.1, -0.05) is 43.7 Å². The topological polar surface area (TPSA) is 116 Å². The van der Waals surface area contributed by atoms with E-state index in [2.05, 4.69) is 5.32 Å². The highest BCUT2D eigenvalue weighted by atomic mass is 16.5. The quantitative estimate of drug-likeness (QED) is 0.527. The van der Waals surface area contributed by atoms with E-state index in [0.29, 0.717) is 23.3 Å². The summed E-state index contributed by atoms with van der Waals surface area (Å²) in [5.74, 6) is -3.35. The van der Waals surface area contributed by atoms with Gasteiger partial charge in [0.2, 0.25) is 11.8 Å². The Morgan fingerprint density at radius 2 is 1.82 bits per heavy atom. The summed E-state index contributed by atoms with van der Waals surface area (Å²) >= 11 is 0. The number of nitrogens with zero attached hydrogens (tertiary/aromatic N) is 1. The molecule has 8 heteroatoms. The van der Waals surface area contributed by atoms with E-state index in [-0.39, 0.29) is 24.6 Å². The summed E-state index contributed by atoms with van der Waals surface area (Å²) in [4.78, 5) is 41.1. The van der Waals surface area contributed by atoms with Crippen molar-refractivity contribution in [2.24, 2.45) is 11.8 Å². The Hall–Kier alpha value is -3.39. The summed E-state index contributed by atoms with van der Waals surface area (Å²) < 4.78 is 5.50. The SMILES string of the molecule is CCCCN1C(=O)C2C(c3ccccc3OC)NC(Cc3ccc(O)cc3)(C(=O)O)C2C1=O. The van der Waals surface area contributed by atoms with Crippen LogP contribution in [0.1, 0.15) is 36.9 Å². The van der Waals surface area contributed by atoms with Crippen LogP contribution in [0, 0.1) is 11.8 Å². The van der Waals surface area contributed by atoms with Gasteiger partial charge in [0, 0.05) is 24.6 Å². The van der Waals surface area contributed by atoms with Gasteiger partial charge in [-0.3, -0.25) is 24.6 Å². The second kappa shape index (κ2) is 8.86. The molecule has 33 heavy (non-hydrogen) atoms. The van der Waals surface area contributed by atoms with Crippen molar-refractivity contribution in [3.05, 3.63) is 59.7 Å². The third-order valence-corrected chi connectivity index (χ3v) is 6.76. The molecule has 3 N–H and O–H groups in total. The van der Waals surface area contributed by atoms with Crippen LogP contribution in [0.2, 0.25) is 0 Å². The normalized spacial score (nSPS) is 26.5. The van der Waals surface area contributed by atoms with Gasteiger partial charge < -0.3 is 14.9 Å². The number of hydrogen-bond donors (Lipinski definition) is 3. The second-order valence-electron chi connectivity index (χ2n) is 8.67. The zero-order chi connectivity index (χ0) is 23.8. The molecule has 0 radical (unpaired) electrons. The number of aliphatic carboxylic acids is 1. The lowest BCUT2D eigenvalue weighted by Gasteiger charge is -2.31. The fourth-order valence-corrected chi connectivity index (χ4v) is 5.16. The number of carboxylic acid groups (broad SMARTS) is 1. The number of unbranched alkanes of at least 4 members (excludes halogenated alkanes) is 1. The minimum Gasteiger partial charge on any atom is -0.508 e. The highest BCUT2D eigenvalue weighted by Gasteiger charge is 2.68. The van der Waals surface area contributed by atoms with Crippen LogP contribution in [-0.2, 0) is 20.8 Å². The summed E-state index contributed by atoms with van der Waals surface area (Å²) in [5.41, 5.74) is -0.419. The van der Waals surface area contributed by atoms with Crippen LogP contribution in [0.4, 0.5) is 0 Å². The predicted molar refractivity (Wildman–Crippen MR) is 120 cm³/mol. The number of aromatic hydroxyl groups is 1. The number of hydrogen-bond acceptors (Lipinski definition) is 6. The number of likely N-dealkylation sites (tertiary alicyclic amines) is 1. The summed E-state index contributed by atoms with van der Waals surface area (Å²) in [7, 11) is 1.52. The highest BCUT2D eigenvalue weighted by Crippen LogP contribution is 2.51. The number of rotatable bonds is 8. The molecule has 0 saturated carbocycles. The van der Waals surface area contributed by atoms with E-state index in [1.807, 2.05) is 6.92 Å². The van der Waals surface area contributed by atoms with Crippen molar-refractivity contribution >= 4 is 17.8 Å². The van der Waals surface area contributed by atoms with Gasteiger partial charge in [-0.2, -0.15) is 0 Å². The number of carboxylic acids is 1. The number of benzene rings is 2. The van der Waals surface area contributed by atoms with Gasteiger partial charge in [-0.05, 0) is 30.2 Å². The average molecular weight is 453 g/mol. The highest BCUT2D eigenvalue weighted by molar-refractivity contribution is 6.09. The van der Waals surface area contributed by atoms with Gasteiger partial charge in [-0.25, -0.2) is 0 Å². The maximum Gasteiger partial charge on any atom is 0.325 e. The van der Waals surface area contributed by atoms with E-state index >= 15 is 0 Å². The van der Waals surface area contributed by atoms with E-state index < -0.39 is 35.3 Å². The molecule has 0 bridgehead atoms. The van der Waals surface area contributed by atoms with E-state index in [1.54, 1.807) is 36.4 Å². The first-order valence-corrected chi connectivity index (χ1v) is 11.1. The fraction of sp³-hybridized carbons (Fsp3) is 0.400. The van der Waals surface area contributed by atoms with Crippen molar-refractivity contribution in [2.45, 2.75) is 37.8 Å². The summed E-state index contributed by atoms with van der Waals surface area (Å²) in [6.07, 6.45) is 1.44.